The van der Waals surface area contributed by atoms with E-state index in [1.165, 1.54) is 0 Å². The van der Waals surface area contributed by atoms with Gasteiger partial charge in [-0.15, -0.1) is 0 Å². The van der Waals surface area contributed by atoms with Crippen molar-refractivity contribution >= 4 is 16.6 Å². The quantitative estimate of drug-likeness (QED) is 0.704. The summed E-state index contributed by atoms with van der Waals surface area (Å²) < 4.78 is 12.7. The molecule has 0 radical (unpaired) electrons. The Morgan fingerprint density at radius 2 is 1.13 bits per heavy atom. The Kier molecular flexibility index (Phi) is 4.87. The lowest BCUT2D eigenvalue weighted by molar-refractivity contribution is -0.0869. The second-order valence-corrected chi connectivity index (χ2v) is 18.0. The van der Waals surface area contributed by atoms with Gasteiger partial charge in [-0.3, -0.25) is 0 Å². The molecule has 0 unspecified atom stereocenters. The zero-order valence-electron chi connectivity index (χ0n) is 15.4. The highest BCUT2D eigenvalue weighted by Crippen LogP contribution is 2.53. The average molecular weight is 351 g/mol. The van der Waals surface area contributed by atoms with Crippen LogP contribution in [0.3, 0.4) is 0 Å². The maximum atomic E-state index is 9.85. The molecular formula is C17H30N2O2Si2. The van der Waals surface area contributed by atoms with Gasteiger partial charge in [-0.05, 0) is 71.4 Å². The average Bonchev–Trinajstić information content (AvgIpc) is 2.41. The normalized spacial score (nSPS) is 37.7. The molecule has 0 heterocycles. The number of hydrogen-bond acceptors (Lipinski definition) is 4. The zero-order valence-corrected chi connectivity index (χ0v) is 17.4. The van der Waals surface area contributed by atoms with E-state index in [-0.39, 0.29) is 11.8 Å². The number of rotatable bonds is 4. The summed E-state index contributed by atoms with van der Waals surface area (Å²) in [6.45, 7) is 12.9. The molecule has 2 saturated carbocycles. The van der Waals surface area contributed by atoms with Crippen molar-refractivity contribution in [2.75, 3.05) is 0 Å². The minimum absolute atomic E-state index is 0.240. The maximum Gasteiger partial charge on any atom is 0.185 e. The smallest absolute Gasteiger partial charge is 0.185 e. The molecule has 6 heteroatoms. The highest BCUT2D eigenvalue weighted by Gasteiger charge is 2.56. The van der Waals surface area contributed by atoms with Gasteiger partial charge >= 0.3 is 0 Å². The molecule has 0 saturated heterocycles. The number of fused-ring (bicyclic) bond motifs is 2. The van der Waals surface area contributed by atoms with Crippen LogP contribution in [0.15, 0.2) is 0 Å². The highest BCUT2D eigenvalue weighted by atomic mass is 28.4. The van der Waals surface area contributed by atoms with Crippen molar-refractivity contribution in [3.05, 3.63) is 0 Å². The Morgan fingerprint density at radius 1 is 0.783 bits per heavy atom. The number of hydrogen-bond donors (Lipinski definition) is 0. The molecule has 2 aliphatic carbocycles. The summed E-state index contributed by atoms with van der Waals surface area (Å²) in [7, 11) is -3.58. The Bertz CT molecular complexity index is 493. The van der Waals surface area contributed by atoms with Gasteiger partial charge in [0.2, 0.25) is 0 Å². The SMILES string of the molecule is C[Si](C)(C)O[C@]1(C#N)CC[C@H]2C[C@H]1CC[C@@]2(C#N)O[Si](C)(C)C. The Balaban J connectivity index is 2.23. The summed E-state index contributed by atoms with van der Waals surface area (Å²) in [5.41, 5.74) is -1.27. The molecule has 2 bridgehead atoms. The van der Waals surface area contributed by atoms with Crippen LogP contribution in [0.2, 0.25) is 39.3 Å². The molecule has 4 nitrogen and oxygen atoms in total. The maximum absolute atomic E-state index is 9.85. The Labute approximate surface area is 143 Å². The van der Waals surface area contributed by atoms with Gasteiger partial charge < -0.3 is 8.85 Å². The summed E-state index contributed by atoms with van der Waals surface area (Å²) in [6, 6.07) is 5.04. The van der Waals surface area contributed by atoms with Crippen LogP contribution in [-0.4, -0.2) is 27.8 Å². The fourth-order valence-electron chi connectivity index (χ4n) is 4.31. The van der Waals surface area contributed by atoms with Crippen molar-refractivity contribution in [3.8, 4) is 12.1 Å². The van der Waals surface area contributed by atoms with Gasteiger partial charge in [0, 0.05) is 11.8 Å². The molecule has 2 fully saturated rings. The third-order valence-electron chi connectivity index (χ3n) is 4.97. The van der Waals surface area contributed by atoms with Crippen molar-refractivity contribution in [2.24, 2.45) is 11.8 Å². The molecular weight excluding hydrogens is 320 g/mol. The van der Waals surface area contributed by atoms with Gasteiger partial charge in [-0.25, -0.2) is 0 Å². The Hall–Kier alpha value is -0.666. The number of nitrogens with zero attached hydrogens (tertiary/aromatic N) is 2. The first-order valence-corrected chi connectivity index (χ1v) is 15.5. The van der Waals surface area contributed by atoms with Crippen molar-refractivity contribution in [3.63, 3.8) is 0 Å². The monoisotopic (exact) mass is 350 g/mol. The van der Waals surface area contributed by atoms with E-state index in [4.69, 9.17) is 8.85 Å². The third-order valence-corrected chi connectivity index (χ3v) is 6.92. The number of nitriles is 2. The van der Waals surface area contributed by atoms with E-state index in [1.54, 1.807) is 0 Å². The van der Waals surface area contributed by atoms with Crippen LogP contribution in [0, 0.1) is 34.5 Å². The Morgan fingerprint density at radius 3 is 1.39 bits per heavy atom. The molecule has 23 heavy (non-hydrogen) atoms. The van der Waals surface area contributed by atoms with Crippen molar-refractivity contribution in [2.45, 2.75) is 82.6 Å². The predicted octanol–water partition coefficient (Wildman–Crippen LogP) is 4.42. The van der Waals surface area contributed by atoms with Gasteiger partial charge in [-0.2, -0.15) is 10.5 Å². The van der Waals surface area contributed by atoms with E-state index in [9.17, 15) is 10.5 Å². The van der Waals surface area contributed by atoms with Crippen molar-refractivity contribution in [1.82, 2.24) is 0 Å². The fraction of sp³-hybridized carbons (Fsp3) is 0.882. The van der Waals surface area contributed by atoms with Crippen LogP contribution in [-0.2, 0) is 8.85 Å². The van der Waals surface area contributed by atoms with Crippen LogP contribution in [0.1, 0.15) is 32.1 Å². The molecule has 2 rings (SSSR count). The van der Waals surface area contributed by atoms with E-state index < -0.39 is 27.8 Å². The van der Waals surface area contributed by atoms with Crippen LogP contribution >= 0.6 is 0 Å². The lowest BCUT2D eigenvalue weighted by Crippen LogP contribution is -2.58. The standard InChI is InChI=1S/C17H30N2O2Si2/c1-22(2,3)20-16(12-18)9-7-15-11-14(16)8-10-17(15,13-19)21-23(4,5)6/h14-15H,7-11H2,1-6H3/t14-,15+,16-,17-/m0/s1. The van der Waals surface area contributed by atoms with Crippen LogP contribution in [0.4, 0.5) is 0 Å². The lowest BCUT2D eigenvalue weighted by atomic mass is 9.59. The van der Waals surface area contributed by atoms with Crippen molar-refractivity contribution in [1.29, 1.82) is 10.5 Å². The fourth-order valence-corrected chi connectivity index (χ4v) is 7.13. The van der Waals surface area contributed by atoms with E-state index in [0.717, 1.165) is 32.1 Å². The summed E-state index contributed by atoms with van der Waals surface area (Å²) in [5.74, 6) is 0.481. The van der Waals surface area contributed by atoms with Crippen LogP contribution < -0.4 is 0 Å². The van der Waals surface area contributed by atoms with Crippen LogP contribution in [0.5, 0.6) is 0 Å². The molecule has 4 atom stereocenters. The van der Waals surface area contributed by atoms with E-state index in [1.807, 2.05) is 0 Å². The minimum Gasteiger partial charge on any atom is -0.400 e. The highest BCUT2D eigenvalue weighted by molar-refractivity contribution is 6.70. The first-order valence-electron chi connectivity index (χ1n) is 8.68. The molecule has 0 aromatic rings. The molecule has 0 aromatic carbocycles. The minimum atomic E-state index is -1.79. The van der Waals surface area contributed by atoms with E-state index in [0.29, 0.717) is 0 Å². The predicted molar refractivity (Wildman–Crippen MR) is 95.6 cm³/mol. The molecule has 0 aliphatic heterocycles. The van der Waals surface area contributed by atoms with E-state index >= 15 is 0 Å². The van der Waals surface area contributed by atoms with Gasteiger partial charge in [0.1, 0.15) is 11.2 Å². The largest absolute Gasteiger partial charge is 0.400 e. The summed E-state index contributed by atoms with van der Waals surface area (Å²) >= 11 is 0. The van der Waals surface area contributed by atoms with E-state index in [2.05, 4.69) is 51.4 Å². The molecule has 2 aliphatic rings. The molecule has 0 aromatic heterocycles. The first-order chi connectivity index (χ1) is 10.5. The van der Waals surface area contributed by atoms with Crippen molar-refractivity contribution < 1.29 is 8.85 Å². The molecule has 0 N–H and O–H groups in total. The topological polar surface area (TPSA) is 66.0 Å². The van der Waals surface area contributed by atoms with Gasteiger partial charge in [-0.1, -0.05) is 0 Å². The second-order valence-electron chi connectivity index (χ2n) is 9.14. The van der Waals surface area contributed by atoms with Gasteiger partial charge in [0.05, 0.1) is 12.1 Å². The zero-order chi connectivity index (χ0) is 17.5. The van der Waals surface area contributed by atoms with Gasteiger partial charge in [0.15, 0.2) is 16.6 Å². The molecule has 128 valence electrons. The summed E-state index contributed by atoms with van der Waals surface area (Å²) in [4.78, 5) is 0. The molecule has 0 amide bonds. The summed E-state index contributed by atoms with van der Waals surface area (Å²) in [5, 5.41) is 19.7. The first kappa shape index (κ1) is 18.7. The van der Waals surface area contributed by atoms with Gasteiger partial charge in [0.25, 0.3) is 0 Å². The molecule has 0 spiro atoms. The summed E-state index contributed by atoms with van der Waals surface area (Å²) in [6.07, 6.45) is 4.07. The van der Waals surface area contributed by atoms with Crippen LogP contribution in [0.25, 0.3) is 0 Å². The third kappa shape index (κ3) is 3.88. The lowest BCUT2D eigenvalue weighted by Gasteiger charge is -2.53. The second kappa shape index (κ2) is 6.00.